The molecule has 0 atom stereocenters. The van der Waals surface area contributed by atoms with Crippen molar-refractivity contribution in [1.29, 1.82) is 0 Å². The lowest BCUT2D eigenvalue weighted by atomic mass is 10.1. The van der Waals surface area contributed by atoms with E-state index in [-0.39, 0.29) is 18.5 Å². The first-order valence-corrected chi connectivity index (χ1v) is 10.8. The van der Waals surface area contributed by atoms with Crippen molar-refractivity contribution >= 4 is 18.1 Å². The number of hydrogen-bond acceptors (Lipinski definition) is 5. The summed E-state index contributed by atoms with van der Waals surface area (Å²) < 4.78 is 12.6. The average molecular weight is 448 g/mol. The van der Waals surface area contributed by atoms with Crippen LogP contribution in [-0.2, 0) is 9.53 Å². The number of carbonyl (C=O) groups is 2. The third kappa shape index (κ3) is 6.10. The van der Waals surface area contributed by atoms with Gasteiger partial charge >= 0.3 is 5.97 Å². The SMILES string of the molecule is CCOC(=O)c1ccc(-n2c(C)cc(/C=N\NC(=O)COc3cc(C)cc(C)c3)c2C)cc1. The summed E-state index contributed by atoms with van der Waals surface area (Å²) in [5, 5.41) is 4.08. The Labute approximate surface area is 194 Å². The Hall–Kier alpha value is -3.87. The van der Waals surface area contributed by atoms with Crippen molar-refractivity contribution in [3.63, 3.8) is 0 Å². The molecule has 1 heterocycles. The van der Waals surface area contributed by atoms with Gasteiger partial charge in [0, 0.05) is 22.6 Å². The first kappa shape index (κ1) is 23.8. The number of benzene rings is 2. The van der Waals surface area contributed by atoms with Crippen LogP contribution in [0.3, 0.4) is 0 Å². The molecule has 1 aromatic heterocycles. The summed E-state index contributed by atoms with van der Waals surface area (Å²) in [6.45, 7) is 9.92. The summed E-state index contributed by atoms with van der Waals surface area (Å²) in [5.41, 5.74) is 8.92. The Morgan fingerprint density at radius 3 is 2.30 bits per heavy atom. The van der Waals surface area contributed by atoms with E-state index in [2.05, 4.69) is 15.1 Å². The second-order valence-electron chi connectivity index (χ2n) is 7.83. The highest BCUT2D eigenvalue weighted by Crippen LogP contribution is 2.20. The van der Waals surface area contributed by atoms with Crippen LogP contribution in [-0.4, -0.2) is 35.9 Å². The predicted molar refractivity (Wildman–Crippen MR) is 128 cm³/mol. The molecule has 0 aliphatic heterocycles. The van der Waals surface area contributed by atoms with Crippen LogP contribution < -0.4 is 10.2 Å². The summed E-state index contributed by atoms with van der Waals surface area (Å²) in [4.78, 5) is 24.0. The molecule has 0 aliphatic carbocycles. The minimum Gasteiger partial charge on any atom is -0.484 e. The second-order valence-corrected chi connectivity index (χ2v) is 7.83. The fraction of sp³-hybridized carbons (Fsp3) is 0.269. The maximum absolute atomic E-state index is 12.1. The van der Waals surface area contributed by atoms with E-state index in [1.165, 1.54) is 0 Å². The molecule has 0 aliphatic rings. The standard InChI is InChI=1S/C26H29N3O4/c1-6-32-26(31)21-7-9-23(10-8-21)29-19(4)14-22(20(29)5)15-27-28-25(30)16-33-24-12-17(2)11-18(3)13-24/h7-15H,6,16H2,1-5H3,(H,28,30)/b27-15-. The molecule has 0 saturated heterocycles. The Morgan fingerprint density at radius 2 is 1.67 bits per heavy atom. The average Bonchev–Trinajstić information content (AvgIpc) is 3.05. The van der Waals surface area contributed by atoms with Gasteiger partial charge < -0.3 is 14.0 Å². The van der Waals surface area contributed by atoms with E-state index in [1.807, 2.05) is 64.1 Å². The molecule has 172 valence electrons. The molecule has 7 heteroatoms. The molecular weight excluding hydrogens is 418 g/mol. The van der Waals surface area contributed by atoms with Crippen molar-refractivity contribution in [2.24, 2.45) is 5.10 Å². The number of hydrogen-bond donors (Lipinski definition) is 1. The van der Waals surface area contributed by atoms with E-state index in [0.717, 1.165) is 33.8 Å². The lowest BCUT2D eigenvalue weighted by molar-refractivity contribution is -0.123. The Kier molecular flexibility index (Phi) is 7.66. The van der Waals surface area contributed by atoms with Gasteiger partial charge in [-0.2, -0.15) is 5.10 Å². The minimum absolute atomic E-state index is 0.119. The van der Waals surface area contributed by atoms with Gasteiger partial charge in [-0.25, -0.2) is 10.2 Å². The highest BCUT2D eigenvalue weighted by Gasteiger charge is 2.11. The number of ether oxygens (including phenoxy) is 2. The number of aromatic nitrogens is 1. The number of amides is 1. The molecule has 2 aromatic carbocycles. The first-order chi connectivity index (χ1) is 15.8. The molecule has 1 amide bonds. The molecule has 33 heavy (non-hydrogen) atoms. The quantitative estimate of drug-likeness (QED) is 0.315. The number of carbonyl (C=O) groups excluding carboxylic acids is 2. The molecule has 3 rings (SSSR count). The molecule has 0 unspecified atom stereocenters. The van der Waals surface area contributed by atoms with Crippen LogP contribution in [0.5, 0.6) is 5.75 Å². The summed E-state index contributed by atoms with van der Waals surface area (Å²) in [5.74, 6) is -0.0204. The van der Waals surface area contributed by atoms with Crippen LogP contribution in [0, 0.1) is 27.7 Å². The van der Waals surface area contributed by atoms with E-state index < -0.39 is 0 Å². The van der Waals surface area contributed by atoms with Gasteiger partial charge in [-0.3, -0.25) is 4.79 Å². The summed E-state index contributed by atoms with van der Waals surface area (Å²) in [6, 6.07) is 15.0. The van der Waals surface area contributed by atoms with Crippen molar-refractivity contribution in [3.05, 3.63) is 82.2 Å². The molecule has 0 radical (unpaired) electrons. The first-order valence-electron chi connectivity index (χ1n) is 10.8. The fourth-order valence-electron chi connectivity index (χ4n) is 3.65. The van der Waals surface area contributed by atoms with Gasteiger partial charge in [0.05, 0.1) is 18.4 Å². The van der Waals surface area contributed by atoms with Crippen molar-refractivity contribution in [1.82, 2.24) is 9.99 Å². The van der Waals surface area contributed by atoms with E-state index in [1.54, 1.807) is 25.3 Å². The molecular formula is C26H29N3O4. The summed E-state index contributed by atoms with van der Waals surface area (Å²) in [7, 11) is 0. The van der Waals surface area contributed by atoms with Gasteiger partial charge in [0.2, 0.25) is 0 Å². The van der Waals surface area contributed by atoms with Gasteiger partial charge in [0.1, 0.15) is 5.75 Å². The lowest BCUT2D eigenvalue weighted by Gasteiger charge is -2.10. The van der Waals surface area contributed by atoms with Crippen LogP contribution in [0.1, 0.15) is 45.4 Å². The van der Waals surface area contributed by atoms with E-state index in [0.29, 0.717) is 17.9 Å². The van der Waals surface area contributed by atoms with Crippen molar-refractivity contribution < 1.29 is 19.1 Å². The largest absolute Gasteiger partial charge is 0.484 e. The zero-order valence-corrected chi connectivity index (χ0v) is 19.6. The van der Waals surface area contributed by atoms with Crippen LogP contribution in [0.15, 0.2) is 53.6 Å². The normalized spacial score (nSPS) is 10.9. The van der Waals surface area contributed by atoms with Gasteiger partial charge in [-0.05, 0) is 88.2 Å². The van der Waals surface area contributed by atoms with Gasteiger partial charge in [0.25, 0.3) is 5.91 Å². The van der Waals surface area contributed by atoms with Crippen LogP contribution in [0.2, 0.25) is 0 Å². The van der Waals surface area contributed by atoms with Gasteiger partial charge in [0.15, 0.2) is 6.61 Å². The van der Waals surface area contributed by atoms with Crippen molar-refractivity contribution in [2.45, 2.75) is 34.6 Å². The highest BCUT2D eigenvalue weighted by molar-refractivity contribution is 5.89. The number of nitrogens with zero attached hydrogens (tertiary/aromatic N) is 2. The predicted octanol–water partition coefficient (Wildman–Crippen LogP) is 4.42. The van der Waals surface area contributed by atoms with Crippen LogP contribution in [0.25, 0.3) is 5.69 Å². The molecule has 0 saturated carbocycles. The number of esters is 1. The minimum atomic E-state index is -0.339. The van der Waals surface area contributed by atoms with E-state index in [9.17, 15) is 9.59 Å². The van der Waals surface area contributed by atoms with E-state index >= 15 is 0 Å². The number of aryl methyl sites for hydroxylation is 3. The zero-order chi connectivity index (χ0) is 24.0. The summed E-state index contributed by atoms with van der Waals surface area (Å²) in [6.07, 6.45) is 1.61. The number of rotatable bonds is 8. The number of hydrazone groups is 1. The zero-order valence-electron chi connectivity index (χ0n) is 19.6. The van der Waals surface area contributed by atoms with E-state index in [4.69, 9.17) is 9.47 Å². The molecule has 3 aromatic rings. The fourth-order valence-corrected chi connectivity index (χ4v) is 3.65. The summed E-state index contributed by atoms with van der Waals surface area (Å²) >= 11 is 0. The maximum atomic E-state index is 12.1. The van der Waals surface area contributed by atoms with Gasteiger partial charge in [-0.1, -0.05) is 6.07 Å². The third-order valence-corrected chi connectivity index (χ3v) is 5.06. The second kappa shape index (κ2) is 10.6. The molecule has 7 nitrogen and oxygen atoms in total. The molecule has 0 fully saturated rings. The Morgan fingerprint density at radius 1 is 1.00 bits per heavy atom. The smallest absolute Gasteiger partial charge is 0.338 e. The number of nitrogens with one attached hydrogen (secondary N) is 1. The highest BCUT2D eigenvalue weighted by atomic mass is 16.5. The molecule has 0 spiro atoms. The Balaban J connectivity index is 1.63. The third-order valence-electron chi connectivity index (χ3n) is 5.06. The van der Waals surface area contributed by atoms with Crippen LogP contribution >= 0.6 is 0 Å². The topological polar surface area (TPSA) is 81.9 Å². The van der Waals surface area contributed by atoms with Crippen LogP contribution in [0.4, 0.5) is 0 Å². The monoisotopic (exact) mass is 447 g/mol. The maximum Gasteiger partial charge on any atom is 0.338 e. The van der Waals surface area contributed by atoms with Gasteiger partial charge in [-0.15, -0.1) is 0 Å². The molecule has 1 N–H and O–H groups in total. The Bertz CT molecular complexity index is 1160. The van der Waals surface area contributed by atoms with Crippen molar-refractivity contribution in [2.75, 3.05) is 13.2 Å². The van der Waals surface area contributed by atoms with Crippen molar-refractivity contribution in [3.8, 4) is 11.4 Å². The lowest BCUT2D eigenvalue weighted by Crippen LogP contribution is -2.24. The molecule has 0 bridgehead atoms.